The molecular formula is C17H14N2O2S. The Hall–Kier alpha value is -2.66. The highest BCUT2D eigenvalue weighted by Gasteiger charge is 2.31. The second-order valence-electron chi connectivity index (χ2n) is 4.71. The van der Waals surface area contributed by atoms with Crippen LogP contribution < -0.4 is 15.0 Å². The smallest absolute Gasteiger partial charge is 0.281 e. The zero-order valence-electron chi connectivity index (χ0n) is 11.9. The largest absolute Gasteiger partial charge is 0.496 e. The molecule has 2 aromatic carbocycles. The maximum absolute atomic E-state index is 12.6. The van der Waals surface area contributed by atoms with Crippen molar-refractivity contribution < 1.29 is 9.53 Å². The number of methoxy groups -OCH3 is 1. The average Bonchev–Trinajstić information content (AvgIpc) is 2.83. The van der Waals surface area contributed by atoms with E-state index in [4.69, 9.17) is 17.0 Å². The first-order valence-electron chi connectivity index (χ1n) is 6.76. The number of nitrogens with one attached hydrogen (secondary N) is 1. The number of hydrogen-bond donors (Lipinski definition) is 1. The average molecular weight is 310 g/mol. The molecule has 0 unspecified atom stereocenters. The van der Waals surface area contributed by atoms with Gasteiger partial charge in [-0.2, -0.15) is 0 Å². The third kappa shape index (κ3) is 2.58. The highest BCUT2D eigenvalue weighted by molar-refractivity contribution is 7.80. The molecule has 1 N–H and O–H groups in total. The lowest BCUT2D eigenvalue weighted by molar-refractivity contribution is -0.113. The van der Waals surface area contributed by atoms with Crippen LogP contribution in [0.15, 0.2) is 60.3 Å². The summed E-state index contributed by atoms with van der Waals surface area (Å²) in [4.78, 5) is 14.1. The van der Waals surface area contributed by atoms with Gasteiger partial charge in [0, 0.05) is 5.56 Å². The molecule has 1 saturated heterocycles. The van der Waals surface area contributed by atoms with Gasteiger partial charge in [-0.25, -0.2) is 0 Å². The molecule has 1 heterocycles. The molecule has 22 heavy (non-hydrogen) atoms. The van der Waals surface area contributed by atoms with E-state index in [-0.39, 0.29) is 5.91 Å². The van der Waals surface area contributed by atoms with Gasteiger partial charge < -0.3 is 10.1 Å². The number of anilines is 1. The number of nitrogens with zero attached hydrogens (tertiary/aromatic N) is 1. The lowest BCUT2D eigenvalue weighted by atomic mass is 10.1. The van der Waals surface area contributed by atoms with Crippen molar-refractivity contribution in [2.24, 2.45) is 0 Å². The fraction of sp³-hybridized carbons (Fsp3) is 0.0588. The first kappa shape index (κ1) is 14.3. The highest BCUT2D eigenvalue weighted by atomic mass is 32.1. The van der Waals surface area contributed by atoms with Crippen LogP contribution in [0, 0.1) is 0 Å². The molecule has 0 saturated carbocycles. The summed E-state index contributed by atoms with van der Waals surface area (Å²) in [6.45, 7) is 0. The minimum Gasteiger partial charge on any atom is -0.496 e. The Kier molecular flexibility index (Phi) is 3.89. The minimum absolute atomic E-state index is 0.179. The van der Waals surface area contributed by atoms with Crippen molar-refractivity contribution in [3.63, 3.8) is 0 Å². The second kappa shape index (κ2) is 5.99. The van der Waals surface area contributed by atoms with Crippen molar-refractivity contribution in [1.82, 2.24) is 5.32 Å². The number of amides is 1. The van der Waals surface area contributed by atoms with Gasteiger partial charge in [0.15, 0.2) is 5.11 Å². The molecule has 1 aliphatic heterocycles. The molecule has 0 aromatic heterocycles. The van der Waals surface area contributed by atoms with Gasteiger partial charge >= 0.3 is 0 Å². The van der Waals surface area contributed by atoms with Crippen LogP contribution in [0.5, 0.6) is 5.75 Å². The maximum Gasteiger partial charge on any atom is 0.281 e. The van der Waals surface area contributed by atoms with Crippen LogP contribution in [0.2, 0.25) is 0 Å². The van der Waals surface area contributed by atoms with E-state index in [0.717, 1.165) is 11.3 Å². The Bertz CT molecular complexity index is 756. The van der Waals surface area contributed by atoms with Crippen molar-refractivity contribution in [3.05, 3.63) is 65.9 Å². The van der Waals surface area contributed by atoms with Crippen molar-refractivity contribution in [3.8, 4) is 5.75 Å². The van der Waals surface area contributed by atoms with Crippen molar-refractivity contribution >= 4 is 35.0 Å². The Balaban J connectivity index is 1.96. The molecule has 1 amide bonds. The number of carbonyl (C=O) groups is 1. The van der Waals surface area contributed by atoms with Gasteiger partial charge in [0.1, 0.15) is 11.4 Å². The van der Waals surface area contributed by atoms with Crippen LogP contribution in [0.25, 0.3) is 6.08 Å². The number of carbonyl (C=O) groups excluding carboxylic acids is 1. The lowest BCUT2D eigenvalue weighted by Gasteiger charge is -2.13. The quantitative estimate of drug-likeness (QED) is 0.699. The normalized spacial score (nSPS) is 16.0. The third-order valence-corrected chi connectivity index (χ3v) is 3.62. The predicted molar refractivity (Wildman–Crippen MR) is 90.6 cm³/mol. The summed E-state index contributed by atoms with van der Waals surface area (Å²) in [6.07, 6.45) is 1.75. The summed E-state index contributed by atoms with van der Waals surface area (Å²) in [5, 5.41) is 3.34. The van der Waals surface area contributed by atoms with Gasteiger partial charge in [0.25, 0.3) is 5.91 Å². The minimum atomic E-state index is -0.179. The SMILES string of the molecule is COc1ccccc1/C=C1\NC(=S)N(c2ccccc2)C1=O. The zero-order chi connectivity index (χ0) is 15.5. The first-order chi connectivity index (χ1) is 10.7. The van der Waals surface area contributed by atoms with Gasteiger partial charge in [0.05, 0.1) is 12.8 Å². The molecule has 3 rings (SSSR count). The van der Waals surface area contributed by atoms with E-state index in [0.29, 0.717) is 16.6 Å². The topological polar surface area (TPSA) is 41.6 Å². The molecule has 1 fully saturated rings. The lowest BCUT2D eigenvalue weighted by Crippen LogP contribution is -2.30. The predicted octanol–water partition coefficient (Wildman–Crippen LogP) is 2.96. The fourth-order valence-electron chi connectivity index (χ4n) is 2.29. The number of hydrogen-bond acceptors (Lipinski definition) is 3. The fourth-order valence-corrected chi connectivity index (χ4v) is 2.59. The molecule has 1 aliphatic rings. The molecule has 5 heteroatoms. The summed E-state index contributed by atoms with van der Waals surface area (Å²) in [5.41, 5.74) is 1.99. The standard InChI is InChI=1S/C17H14N2O2S/c1-21-15-10-6-5-7-12(15)11-14-16(20)19(17(22)18-14)13-8-3-2-4-9-13/h2-11H,1H3,(H,18,22)/b14-11-. The van der Waals surface area contributed by atoms with Crippen LogP contribution in [0.3, 0.4) is 0 Å². The van der Waals surface area contributed by atoms with Gasteiger partial charge in [-0.1, -0.05) is 36.4 Å². The van der Waals surface area contributed by atoms with E-state index in [1.807, 2.05) is 54.6 Å². The number of ether oxygens (including phenoxy) is 1. The van der Waals surface area contributed by atoms with Crippen LogP contribution in [-0.4, -0.2) is 18.1 Å². The Labute approximate surface area is 134 Å². The molecule has 0 aliphatic carbocycles. The van der Waals surface area contributed by atoms with Crippen molar-refractivity contribution in [2.45, 2.75) is 0 Å². The summed E-state index contributed by atoms with van der Waals surface area (Å²) >= 11 is 5.28. The molecule has 0 radical (unpaired) electrons. The Morgan fingerprint density at radius 2 is 1.77 bits per heavy atom. The molecule has 4 nitrogen and oxygen atoms in total. The molecular weight excluding hydrogens is 296 g/mol. The number of para-hydroxylation sites is 2. The van der Waals surface area contributed by atoms with E-state index in [9.17, 15) is 4.79 Å². The van der Waals surface area contributed by atoms with Gasteiger partial charge in [-0.3, -0.25) is 9.69 Å². The highest BCUT2D eigenvalue weighted by Crippen LogP contribution is 2.25. The Morgan fingerprint density at radius 3 is 2.50 bits per heavy atom. The maximum atomic E-state index is 12.6. The summed E-state index contributed by atoms with van der Waals surface area (Å²) < 4.78 is 5.30. The van der Waals surface area contributed by atoms with E-state index < -0.39 is 0 Å². The Morgan fingerprint density at radius 1 is 1.09 bits per heavy atom. The summed E-state index contributed by atoms with van der Waals surface area (Å²) in [6, 6.07) is 16.8. The second-order valence-corrected chi connectivity index (χ2v) is 5.09. The molecule has 0 bridgehead atoms. The number of thiocarbonyl (C=S) groups is 1. The van der Waals surface area contributed by atoms with Crippen LogP contribution >= 0.6 is 12.2 Å². The first-order valence-corrected chi connectivity index (χ1v) is 7.17. The van der Waals surface area contributed by atoms with Gasteiger partial charge in [-0.15, -0.1) is 0 Å². The molecule has 0 spiro atoms. The van der Waals surface area contributed by atoms with Crippen LogP contribution in [0.1, 0.15) is 5.56 Å². The monoisotopic (exact) mass is 310 g/mol. The van der Waals surface area contributed by atoms with Crippen LogP contribution in [0.4, 0.5) is 5.69 Å². The van der Waals surface area contributed by atoms with Crippen molar-refractivity contribution in [1.29, 1.82) is 0 Å². The van der Waals surface area contributed by atoms with Gasteiger partial charge in [0.2, 0.25) is 0 Å². The third-order valence-electron chi connectivity index (χ3n) is 3.33. The van der Waals surface area contributed by atoms with E-state index in [1.165, 1.54) is 4.90 Å². The van der Waals surface area contributed by atoms with E-state index >= 15 is 0 Å². The molecule has 2 aromatic rings. The van der Waals surface area contributed by atoms with E-state index in [2.05, 4.69) is 5.32 Å². The van der Waals surface area contributed by atoms with Gasteiger partial charge in [-0.05, 0) is 36.5 Å². The number of rotatable bonds is 3. The summed E-state index contributed by atoms with van der Waals surface area (Å²) in [7, 11) is 1.60. The molecule has 110 valence electrons. The zero-order valence-corrected chi connectivity index (χ0v) is 12.8. The number of benzene rings is 2. The van der Waals surface area contributed by atoms with Crippen LogP contribution in [-0.2, 0) is 4.79 Å². The van der Waals surface area contributed by atoms with Crippen molar-refractivity contribution in [2.75, 3.05) is 12.0 Å². The molecule has 0 atom stereocenters. The summed E-state index contributed by atoms with van der Waals surface area (Å²) in [5.74, 6) is 0.524. The van der Waals surface area contributed by atoms with E-state index in [1.54, 1.807) is 13.2 Å².